The summed E-state index contributed by atoms with van der Waals surface area (Å²) >= 11 is 1.85. The van der Waals surface area contributed by atoms with Gasteiger partial charge < -0.3 is 0 Å². The van der Waals surface area contributed by atoms with Gasteiger partial charge in [0.05, 0.1) is 22.8 Å². The minimum atomic E-state index is 0.822. The predicted octanol–water partition coefficient (Wildman–Crippen LogP) is 3.95. The van der Waals surface area contributed by atoms with Crippen molar-refractivity contribution >= 4 is 32.6 Å². The topological polar surface area (TPSA) is 34.6 Å². The number of rotatable bonds is 1. The van der Waals surface area contributed by atoms with Crippen molar-refractivity contribution in [2.75, 3.05) is 0 Å². The third kappa shape index (κ3) is 1.68. The van der Waals surface area contributed by atoms with Crippen molar-refractivity contribution in [1.82, 2.24) is 14.5 Å². The van der Waals surface area contributed by atoms with E-state index in [0.29, 0.717) is 0 Å². The Hall–Kier alpha value is -3.05. The first kappa shape index (κ1) is 13.3. The molecule has 5 heterocycles. The predicted molar refractivity (Wildman–Crippen MR) is 99.0 cm³/mol. The van der Waals surface area contributed by atoms with Gasteiger partial charge in [0.2, 0.25) is 0 Å². The van der Waals surface area contributed by atoms with E-state index in [9.17, 15) is 0 Å². The summed E-state index contributed by atoms with van der Waals surface area (Å²) in [5.41, 5.74) is 5.94. The molecule has 0 amide bonds. The molecule has 25 heavy (non-hydrogen) atoms. The van der Waals surface area contributed by atoms with E-state index >= 15 is 0 Å². The number of aromatic nitrogens is 4. The summed E-state index contributed by atoms with van der Waals surface area (Å²) in [4.78, 5) is 8.94. The lowest BCUT2D eigenvalue weighted by Gasteiger charge is -2.00. The number of benzene rings is 1. The highest BCUT2D eigenvalue weighted by molar-refractivity contribution is 7.22. The summed E-state index contributed by atoms with van der Waals surface area (Å²) < 4.78 is 6.03. The summed E-state index contributed by atoms with van der Waals surface area (Å²) in [5, 5.41) is 2.54. The first-order valence-corrected chi connectivity index (χ1v) is 9.04. The van der Waals surface area contributed by atoms with Crippen LogP contribution in [-0.2, 0) is 6.54 Å². The van der Waals surface area contributed by atoms with Gasteiger partial charge in [-0.3, -0.25) is 9.97 Å². The Morgan fingerprint density at radius 1 is 1.00 bits per heavy atom. The lowest BCUT2D eigenvalue weighted by molar-refractivity contribution is -0.644. The molecule has 0 atom stereocenters. The highest BCUT2D eigenvalue weighted by Gasteiger charge is 2.34. The number of pyridine rings is 2. The smallest absolute Gasteiger partial charge is 0.260 e. The van der Waals surface area contributed by atoms with Crippen LogP contribution in [0.2, 0.25) is 0 Å². The van der Waals surface area contributed by atoms with Crippen molar-refractivity contribution < 1.29 is 4.57 Å². The molecule has 4 nitrogen and oxygen atoms in total. The second-order valence-electron chi connectivity index (χ2n) is 6.21. The van der Waals surface area contributed by atoms with Gasteiger partial charge in [-0.15, -0.1) is 0 Å². The Kier molecular flexibility index (Phi) is 2.51. The van der Waals surface area contributed by atoms with Gasteiger partial charge >= 0.3 is 5.65 Å². The number of para-hydroxylation sites is 1. The maximum Gasteiger partial charge on any atom is 0.307 e. The molecule has 0 bridgehead atoms. The van der Waals surface area contributed by atoms with Crippen LogP contribution in [0.25, 0.3) is 37.5 Å². The molecule has 0 saturated carbocycles. The first-order chi connectivity index (χ1) is 12.4. The van der Waals surface area contributed by atoms with E-state index in [2.05, 4.69) is 61.6 Å². The zero-order valence-electron chi connectivity index (χ0n) is 13.3. The third-order valence-corrected chi connectivity index (χ3v) is 6.08. The van der Waals surface area contributed by atoms with E-state index in [1.807, 2.05) is 36.0 Å². The molecule has 118 valence electrons. The lowest BCUT2D eigenvalue weighted by Crippen LogP contribution is -2.32. The molecule has 0 radical (unpaired) electrons. The van der Waals surface area contributed by atoms with E-state index < -0.39 is 0 Å². The molecule has 0 fully saturated rings. The molecule has 1 aliphatic heterocycles. The van der Waals surface area contributed by atoms with Gasteiger partial charge in [0, 0.05) is 12.4 Å². The molecule has 5 aromatic rings. The van der Waals surface area contributed by atoms with Crippen molar-refractivity contribution in [2.24, 2.45) is 0 Å². The SMILES string of the molecule is c1ccc(-n2c3cnccc3c3sc4[n+](c32)Cc2ncccc2-4)cc1. The molecule has 5 heteroatoms. The second kappa shape index (κ2) is 4.74. The largest absolute Gasteiger partial charge is 0.307 e. The maximum absolute atomic E-state index is 4.57. The first-order valence-electron chi connectivity index (χ1n) is 8.22. The summed E-state index contributed by atoms with van der Waals surface area (Å²) in [6.45, 7) is 0.822. The maximum atomic E-state index is 4.57. The van der Waals surface area contributed by atoms with Gasteiger partial charge in [-0.2, -0.15) is 4.57 Å². The number of fused-ring (bicyclic) bond motifs is 7. The fraction of sp³-hybridized carbons (Fsp3) is 0.0500. The summed E-state index contributed by atoms with van der Waals surface area (Å²) in [6, 6.07) is 16.8. The van der Waals surface area contributed by atoms with Crippen molar-refractivity contribution in [2.45, 2.75) is 6.54 Å². The minimum absolute atomic E-state index is 0.822. The van der Waals surface area contributed by atoms with E-state index in [0.717, 1.165) is 23.4 Å². The van der Waals surface area contributed by atoms with Crippen LogP contribution in [0.4, 0.5) is 0 Å². The van der Waals surface area contributed by atoms with Crippen LogP contribution in [0.1, 0.15) is 5.69 Å². The number of hydrogen-bond acceptors (Lipinski definition) is 3. The molecule has 6 rings (SSSR count). The highest BCUT2D eigenvalue weighted by atomic mass is 32.1. The van der Waals surface area contributed by atoms with Gasteiger partial charge in [-0.25, -0.2) is 4.57 Å². The molecule has 0 saturated heterocycles. The zero-order valence-corrected chi connectivity index (χ0v) is 14.1. The monoisotopic (exact) mass is 341 g/mol. The molecule has 1 aliphatic rings. The van der Waals surface area contributed by atoms with E-state index in [-0.39, 0.29) is 0 Å². The fourth-order valence-corrected chi connectivity index (χ4v) is 5.10. The normalized spacial score (nSPS) is 12.6. The van der Waals surface area contributed by atoms with Crippen molar-refractivity contribution in [1.29, 1.82) is 0 Å². The molecule has 0 spiro atoms. The average molecular weight is 341 g/mol. The van der Waals surface area contributed by atoms with Crippen LogP contribution >= 0.6 is 11.3 Å². The van der Waals surface area contributed by atoms with Crippen LogP contribution in [0.15, 0.2) is 67.1 Å². The third-order valence-electron chi connectivity index (χ3n) is 4.84. The van der Waals surface area contributed by atoms with Crippen molar-refractivity contribution in [3.05, 3.63) is 72.8 Å². The number of hydrogen-bond donors (Lipinski definition) is 0. The Balaban J connectivity index is 1.79. The van der Waals surface area contributed by atoms with Gasteiger partial charge in [0.1, 0.15) is 16.9 Å². The second-order valence-corrected chi connectivity index (χ2v) is 7.21. The van der Waals surface area contributed by atoms with Crippen LogP contribution < -0.4 is 4.57 Å². The fourth-order valence-electron chi connectivity index (χ4n) is 3.78. The van der Waals surface area contributed by atoms with Crippen LogP contribution in [0.5, 0.6) is 0 Å². The molecule has 0 unspecified atom stereocenters. The quantitative estimate of drug-likeness (QED) is 0.424. The minimum Gasteiger partial charge on any atom is -0.260 e. The summed E-state index contributed by atoms with van der Waals surface area (Å²) in [6.07, 6.45) is 5.72. The van der Waals surface area contributed by atoms with E-state index in [1.165, 1.54) is 26.3 Å². The standard InChI is InChI=1S/C20H13N4S/c1-2-5-13(6-3-1)24-17-11-21-10-8-15(17)18-19(24)23-12-16-14(20(23)25-18)7-4-9-22-16/h1-11H,12H2/q+1. The summed E-state index contributed by atoms with van der Waals surface area (Å²) in [5.74, 6) is 0. The zero-order chi connectivity index (χ0) is 16.4. The molecular formula is C20H13N4S+. The van der Waals surface area contributed by atoms with Crippen molar-refractivity contribution in [3.63, 3.8) is 0 Å². The molecule has 0 N–H and O–H groups in total. The van der Waals surface area contributed by atoms with Gasteiger partial charge in [0.25, 0.3) is 0 Å². The Labute approximate surface area is 147 Å². The molecule has 0 aliphatic carbocycles. The average Bonchev–Trinajstić information content (AvgIpc) is 3.30. The van der Waals surface area contributed by atoms with Crippen molar-refractivity contribution in [3.8, 4) is 16.3 Å². The van der Waals surface area contributed by atoms with Crippen LogP contribution in [0.3, 0.4) is 0 Å². The molecule has 1 aromatic carbocycles. The van der Waals surface area contributed by atoms with Crippen LogP contribution in [-0.4, -0.2) is 14.5 Å². The molecular weight excluding hydrogens is 328 g/mol. The summed E-state index contributed by atoms with van der Waals surface area (Å²) in [7, 11) is 0. The lowest BCUT2D eigenvalue weighted by atomic mass is 10.2. The van der Waals surface area contributed by atoms with E-state index in [4.69, 9.17) is 0 Å². The van der Waals surface area contributed by atoms with Gasteiger partial charge in [-0.05, 0) is 30.3 Å². The number of nitrogens with zero attached hydrogens (tertiary/aromatic N) is 4. The highest BCUT2D eigenvalue weighted by Crippen LogP contribution is 2.40. The Bertz CT molecular complexity index is 1270. The van der Waals surface area contributed by atoms with Crippen LogP contribution in [0, 0.1) is 0 Å². The van der Waals surface area contributed by atoms with Gasteiger partial charge in [0.15, 0.2) is 10.5 Å². The van der Waals surface area contributed by atoms with E-state index in [1.54, 1.807) is 0 Å². The molecule has 4 aromatic heterocycles. The Morgan fingerprint density at radius 2 is 1.92 bits per heavy atom. The number of thiazole rings is 1. The van der Waals surface area contributed by atoms with Gasteiger partial charge in [-0.1, -0.05) is 29.5 Å². The Morgan fingerprint density at radius 3 is 2.84 bits per heavy atom.